The molecule has 1 aromatic rings. The molecule has 0 spiro atoms. The molecule has 2 N–H and O–H groups in total. The van der Waals surface area contributed by atoms with Gasteiger partial charge in [0, 0.05) is 31.3 Å². The number of aromatic amines is 1. The third-order valence-electron chi connectivity index (χ3n) is 9.84. The van der Waals surface area contributed by atoms with E-state index in [1.807, 2.05) is 37.3 Å². The topological polar surface area (TPSA) is 139 Å². The van der Waals surface area contributed by atoms with Gasteiger partial charge in [-0.2, -0.15) is 9.65 Å². The van der Waals surface area contributed by atoms with Crippen LogP contribution in [0.1, 0.15) is 163 Å². The number of hydrogen-bond donors (Lipinski definition) is 2. The Morgan fingerprint density at radius 2 is 1.46 bits per heavy atom. The van der Waals surface area contributed by atoms with E-state index in [0.29, 0.717) is 12.8 Å². The smallest absolute Gasteiger partial charge is 0.330 e. The largest absolute Gasteiger partial charge is 0.346 e. The first-order chi connectivity index (χ1) is 24.0. The van der Waals surface area contributed by atoms with Gasteiger partial charge in [0.25, 0.3) is 14.1 Å². The molecule has 0 saturated carbocycles. The minimum atomic E-state index is -2.09. The van der Waals surface area contributed by atoms with Crippen molar-refractivity contribution in [1.29, 1.82) is 5.26 Å². The highest BCUT2D eigenvalue weighted by Gasteiger charge is 2.60. The van der Waals surface area contributed by atoms with Crippen LogP contribution in [0, 0.1) is 17.1 Å². The van der Waals surface area contributed by atoms with Crippen molar-refractivity contribution in [2.24, 2.45) is 0 Å². The Kier molecular flexibility index (Phi) is 18.6. The number of ether oxygens (including phenoxy) is 3. The molecule has 2 aliphatic heterocycles. The van der Waals surface area contributed by atoms with E-state index < -0.39 is 62.0 Å². The van der Waals surface area contributed by atoms with Gasteiger partial charge in [0.2, 0.25) is 5.82 Å². The summed E-state index contributed by atoms with van der Waals surface area (Å²) in [4.78, 5) is 38.5. The van der Waals surface area contributed by atoms with E-state index in [1.165, 1.54) is 51.4 Å². The van der Waals surface area contributed by atoms with E-state index in [4.69, 9.17) is 18.7 Å². The number of hydrogen-bond acceptors (Lipinski definition) is 9. The molecule has 2 aliphatic rings. The van der Waals surface area contributed by atoms with E-state index in [2.05, 4.69) is 19.9 Å². The summed E-state index contributed by atoms with van der Waals surface area (Å²) in [5.74, 6) is -2.07. The third kappa shape index (κ3) is 12.2. The summed E-state index contributed by atoms with van der Waals surface area (Å²) < 4.78 is 44.2. The van der Waals surface area contributed by atoms with E-state index in [0.717, 1.165) is 49.3 Å². The van der Waals surface area contributed by atoms with Crippen molar-refractivity contribution in [3.8, 4) is 6.07 Å². The van der Waals surface area contributed by atoms with E-state index in [-0.39, 0.29) is 24.9 Å². The summed E-state index contributed by atoms with van der Waals surface area (Å²) in [6.45, 7) is 12.3. The fraction of sp³-hybridized carbons (Fsp3) is 0.865. The molecular formula is C37H64FN4O7P. The molecular weight excluding hydrogens is 662 g/mol. The molecule has 1 aromatic heterocycles. The van der Waals surface area contributed by atoms with Gasteiger partial charge in [-0.1, -0.05) is 90.9 Å². The maximum atomic E-state index is 14.6. The van der Waals surface area contributed by atoms with Gasteiger partial charge >= 0.3 is 5.69 Å². The van der Waals surface area contributed by atoms with Crippen LogP contribution < -0.4 is 11.2 Å². The fourth-order valence-electron chi connectivity index (χ4n) is 7.34. The first-order valence-electron chi connectivity index (χ1n) is 19.3. The van der Waals surface area contributed by atoms with Crippen molar-refractivity contribution in [1.82, 2.24) is 14.2 Å². The number of halogens is 1. The lowest BCUT2D eigenvalue weighted by Crippen LogP contribution is -2.42. The van der Waals surface area contributed by atoms with Crippen LogP contribution in [0.25, 0.3) is 0 Å². The van der Waals surface area contributed by atoms with Crippen molar-refractivity contribution in [3.05, 3.63) is 32.9 Å². The number of nitrogens with zero attached hydrogens (tertiary/aromatic N) is 3. The summed E-state index contributed by atoms with van der Waals surface area (Å²) in [6, 6.07) is 2.14. The van der Waals surface area contributed by atoms with Crippen LogP contribution in [0.15, 0.2) is 15.8 Å². The fourth-order valence-corrected chi connectivity index (χ4v) is 8.70. The molecule has 0 aliphatic carbocycles. The molecule has 286 valence electrons. The molecule has 6 atom stereocenters. The second-order valence-corrected chi connectivity index (χ2v) is 15.8. The Morgan fingerprint density at radius 1 is 0.940 bits per heavy atom. The second kappa shape index (κ2) is 21.7. The van der Waals surface area contributed by atoms with Crippen molar-refractivity contribution < 1.29 is 28.0 Å². The quantitative estimate of drug-likeness (QED) is 0.0752. The Morgan fingerprint density at radius 3 is 1.98 bits per heavy atom. The Bertz CT molecular complexity index is 1260. The Labute approximate surface area is 300 Å². The number of H-pyrrole nitrogens is 1. The van der Waals surface area contributed by atoms with Crippen LogP contribution in [0.2, 0.25) is 0 Å². The molecule has 13 heteroatoms. The average molecular weight is 727 g/mol. The molecule has 0 bridgehead atoms. The third-order valence-corrected chi connectivity index (χ3v) is 11.6. The number of nitriles is 1. The highest BCUT2D eigenvalue weighted by Crippen LogP contribution is 2.51. The Hall–Kier alpha value is -1.71. The van der Waals surface area contributed by atoms with Crippen LogP contribution >= 0.6 is 8.53 Å². The molecule has 0 amide bonds. The van der Waals surface area contributed by atoms with E-state index >= 15 is 0 Å². The van der Waals surface area contributed by atoms with E-state index in [9.17, 15) is 24.1 Å². The summed E-state index contributed by atoms with van der Waals surface area (Å²) >= 11 is 0. The predicted molar refractivity (Wildman–Crippen MR) is 194 cm³/mol. The lowest BCUT2D eigenvalue weighted by Gasteiger charge is -2.37. The zero-order valence-electron chi connectivity index (χ0n) is 31.4. The monoisotopic (exact) mass is 726 g/mol. The molecule has 11 nitrogen and oxygen atoms in total. The van der Waals surface area contributed by atoms with Crippen molar-refractivity contribution in [2.75, 3.05) is 0 Å². The number of rotatable bonds is 25. The van der Waals surface area contributed by atoms with Crippen molar-refractivity contribution in [3.63, 3.8) is 0 Å². The van der Waals surface area contributed by atoms with Crippen LogP contribution in [-0.4, -0.2) is 61.4 Å². The van der Waals surface area contributed by atoms with Crippen molar-refractivity contribution in [2.45, 2.75) is 206 Å². The standard InChI is InChI=1S/C37H64FN4O7P/c1-7-9-11-13-15-17-19-23-37(24-20-18-16-14-12-10-8-2)47-32-31(30(22-21-25-39)49-50(45)42(27(3)4)28(5)6)46-35(33(32)48-37)41-26-29(38)34(43)40-36(41)44/h26-28,30-33,35,45H,7-24H2,1-6H3,(H,40,43,44)/t30?,31-,32+,33+,35+,50?/m0/s1. The SMILES string of the molecule is CCCCCCCCCC1(CCCCCCCCC)O[C@@H]2[C@H](O1)[C@H](C(CCC#N)OP(O)N(C(C)C)C(C)C)O[C@H]2n1cc(F)c(=O)[nH]c1=O. The van der Waals surface area contributed by atoms with Gasteiger partial charge in [-0.3, -0.25) is 14.3 Å². The molecule has 0 radical (unpaired) electrons. The predicted octanol–water partition coefficient (Wildman–Crippen LogP) is 8.36. The molecule has 2 unspecified atom stereocenters. The average Bonchev–Trinajstić information content (AvgIpc) is 3.59. The second-order valence-electron chi connectivity index (χ2n) is 14.6. The van der Waals surface area contributed by atoms with E-state index in [1.54, 1.807) is 0 Å². The number of unbranched alkanes of at least 4 members (excludes halogenated alkanes) is 12. The maximum absolute atomic E-state index is 14.6. The number of nitrogens with one attached hydrogen (secondary N) is 1. The highest BCUT2D eigenvalue weighted by atomic mass is 31.2. The van der Waals surface area contributed by atoms with Gasteiger partial charge in [0.15, 0.2) is 12.0 Å². The van der Waals surface area contributed by atoms with Crippen molar-refractivity contribution >= 4 is 8.53 Å². The summed E-state index contributed by atoms with van der Waals surface area (Å²) in [5.41, 5.74) is -1.94. The summed E-state index contributed by atoms with van der Waals surface area (Å²) in [7, 11) is -2.09. The van der Waals surface area contributed by atoms with Crippen LogP contribution in [0.5, 0.6) is 0 Å². The van der Waals surface area contributed by atoms with Crippen LogP contribution in [-0.2, 0) is 18.7 Å². The molecule has 2 saturated heterocycles. The zero-order chi connectivity index (χ0) is 36.7. The number of aromatic nitrogens is 2. The van der Waals surface area contributed by atoms with Gasteiger partial charge < -0.3 is 23.6 Å². The molecule has 2 fully saturated rings. The lowest BCUT2D eigenvalue weighted by atomic mass is 9.98. The summed E-state index contributed by atoms with van der Waals surface area (Å²) in [6.07, 6.45) is 14.1. The van der Waals surface area contributed by atoms with Gasteiger partial charge in [0.05, 0.1) is 18.4 Å². The number of fused-ring (bicyclic) bond motifs is 1. The van der Waals surface area contributed by atoms with Crippen LogP contribution in [0.4, 0.5) is 4.39 Å². The van der Waals surface area contributed by atoms with Gasteiger partial charge in [-0.15, -0.1) is 0 Å². The first-order valence-corrected chi connectivity index (χ1v) is 20.5. The maximum Gasteiger partial charge on any atom is 0.330 e. The molecule has 3 rings (SSSR count). The minimum absolute atomic E-state index is 0.0157. The Balaban J connectivity index is 1.94. The molecule has 0 aromatic carbocycles. The molecule has 50 heavy (non-hydrogen) atoms. The molecule has 3 heterocycles. The van der Waals surface area contributed by atoms with Gasteiger partial charge in [-0.25, -0.2) is 9.46 Å². The first kappa shape index (κ1) is 42.7. The van der Waals surface area contributed by atoms with Gasteiger partial charge in [-0.05, 0) is 47.0 Å². The summed E-state index contributed by atoms with van der Waals surface area (Å²) in [5, 5.41) is 9.56. The minimum Gasteiger partial charge on any atom is -0.346 e. The normalized spacial score (nSPS) is 22.8. The van der Waals surface area contributed by atoms with Crippen LogP contribution in [0.3, 0.4) is 0 Å². The van der Waals surface area contributed by atoms with Gasteiger partial charge in [0.1, 0.15) is 18.3 Å². The zero-order valence-corrected chi connectivity index (χ0v) is 32.3. The lowest BCUT2D eigenvalue weighted by molar-refractivity contribution is -0.232. The highest BCUT2D eigenvalue weighted by molar-refractivity contribution is 7.43.